The second-order valence-electron chi connectivity index (χ2n) is 7.69. The topological polar surface area (TPSA) is 26.0 Å². The molecule has 0 aromatic heterocycles. The SMILES string of the molecule is CCCCCSC[C@H]1CCc2cc(C3CCC(N)C3)ccc2C1. The highest BCUT2D eigenvalue weighted by molar-refractivity contribution is 7.99. The summed E-state index contributed by atoms with van der Waals surface area (Å²) in [6, 6.07) is 7.79. The Morgan fingerprint density at radius 2 is 2.04 bits per heavy atom. The third-order valence-corrected chi connectivity index (χ3v) is 7.04. The molecule has 2 heteroatoms. The van der Waals surface area contributed by atoms with Gasteiger partial charge in [-0.25, -0.2) is 0 Å². The van der Waals surface area contributed by atoms with Crippen LogP contribution in [0.25, 0.3) is 0 Å². The smallest absolute Gasteiger partial charge is 0.00448 e. The summed E-state index contributed by atoms with van der Waals surface area (Å²) >= 11 is 2.18. The Balaban J connectivity index is 1.51. The van der Waals surface area contributed by atoms with Crippen LogP contribution in [0.15, 0.2) is 18.2 Å². The van der Waals surface area contributed by atoms with Crippen molar-refractivity contribution in [2.75, 3.05) is 11.5 Å². The summed E-state index contributed by atoms with van der Waals surface area (Å²) in [5, 5.41) is 0. The van der Waals surface area contributed by atoms with Gasteiger partial charge in [0.1, 0.15) is 0 Å². The number of fused-ring (bicyclic) bond motifs is 1. The number of thioether (sulfide) groups is 1. The number of unbranched alkanes of at least 4 members (excludes halogenated alkanes) is 2. The molecule has 1 nitrogen and oxygen atoms in total. The van der Waals surface area contributed by atoms with Gasteiger partial charge in [-0.15, -0.1) is 0 Å². The molecule has 0 spiro atoms. The maximum absolute atomic E-state index is 6.09. The first kappa shape index (κ1) is 17.4. The largest absolute Gasteiger partial charge is 0.328 e. The van der Waals surface area contributed by atoms with Gasteiger partial charge in [0, 0.05) is 6.04 Å². The standard InChI is InChI=1S/C21H33NS/c1-2-3-4-11-23-15-16-5-6-18-13-19(8-7-17(18)12-16)20-9-10-21(22)14-20/h7-8,13,16,20-21H,2-6,9-12,14-15,22H2,1H3/t16-,20?,21?/m0/s1. The minimum atomic E-state index is 0.435. The quantitative estimate of drug-likeness (QED) is 0.685. The molecule has 0 radical (unpaired) electrons. The summed E-state index contributed by atoms with van der Waals surface area (Å²) in [6.07, 6.45) is 11.8. The number of hydrogen-bond donors (Lipinski definition) is 1. The van der Waals surface area contributed by atoms with Crippen LogP contribution in [-0.2, 0) is 12.8 Å². The predicted molar refractivity (Wildman–Crippen MR) is 103 cm³/mol. The number of rotatable bonds is 7. The highest BCUT2D eigenvalue weighted by Crippen LogP contribution is 2.36. The number of nitrogens with two attached hydrogens (primary N) is 1. The van der Waals surface area contributed by atoms with Gasteiger partial charge in [-0.1, -0.05) is 38.0 Å². The van der Waals surface area contributed by atoms with Crippen molar-refractivity contribution in [1.29, 1.82) is 0 Å². The van der Waals surface area contributed by atoms with Crippen molar-refractivity contribution in [2.24, 2.45) is 11.7 Å². The van der Waals surface area contributed by atoms with E-state index in [0.29, 0.717) is 6.04 Å². The lowest BCUT2D eigenvalue weighted by Crippen LogP contribution is -2.17. The van der Waals surface area contributed by atoms with Crippen molar-refractivity contribution in [3.05, 3.63) is 34.9 Å². The van der Waals surface area contributed by atoms with Crippen LogP contribution < -0.4 is 5.73 Å². The zero-order valence-electron chi connectivity index (χ0n) is 14.7. The molecule has 2 unspecified atom stereocenters. The molecule has 1 fully saturated rings. The second kappa shape index (κ2) is 8.58. The van der Waals surface area contributed by atoms with Crippen molar-refractivity contribution in [3.63, 3.8) is 0 Å². The second-order valence-corrected chi connectivity index (χ2v) is 8.84. The Labute approximate surface area is 146 Å². The van der Waals surface area contributed by atoms with E-state index in [1.807, 2.05) is 0 Å². The molecule has 0 bridgehead atoms. The van der Waals surface area contributed by atoms with Crippen LogP contribution >= 0.6 is 11.8 Å². The molecule has 0 heterocycles. The molecule has 2 N–H and O–H groups in total. The molecular formula is C21H33NS. The molecule has 0 aliphatic heterocycles. The third-order valence-electron chi connectivity index (χ3n) is 5.75. The molecule has 23 heavy (non-hydrogen) atoms. The van der Waals surface area contributed by atoms with Crippen LogP contribution in [0.4, 0.5) is 0 Å². The normalized spacial score (nSPS) is 27.1. The summed E-state index contributed by atoms with van der Waals surface area (Å²) in [4.78, 5) is 0. The third kappa shape index (κ3) is 4.76. The Morgan fingerprint density at radius 1 is 1.13 bits per heavy atom. The van der Waals surface area contributed by atoms with E-state index in [1.165, 1.54) is 69.3 Å². The molecule has 3 rings (SSSR count). The van der Waals surface area contributed by atoms with E-state index in [0.717, 1.165) is 11.8 Å². The van der Waals surface area contributed by atoms with E-state index in [2.05, 4.69) is 36.9 Å². The molecule has 0 saturated heterocycles. The first-order valence-electron chi connectivity index (χ1n) is 9.71. The average Bonchev–Trinajstić information content (AvgIpc) is 3.00. The summed E-state index contributed by atoms with van der Waals surface area (Å²) in [6.45, 7) is 2.29. The zero-order chi connectivity index (χ0) is 16.1. The van der Waals surface area contributed by atoms with E-state index in [-0.39, 0.29) is 0 Å². The van der Waals surface area contributed by atoms with Gasteiger partial charge < -0.3 is 5.73 Å². The van der Waals surface area contributed by atoms with Crippen LogP contribution in [0, 0.1) is 5.92 Å². The van der Waals surface area contributed by atoms with Gasteiger partial charge in [-0.05, 0) is 85.0 Å². The van der Waals surface area contributed by atoms with Crippen molar-refractivity contribution in [1.82, 2.24) is 0 Å². The van der Waals surface area contributed by atoms with Gasteiger partial charge in [0.25, 0.3) is 0 Å². The molecule has 128 valence electrons. The lowest BCUT2D eigenvalue weighted by molar-refractivity contribution is 0.508. The molecule has 2 aliphatic rings. The lowest BCUT2D eigenvalue weighted by Gasteiger charge is -2.25. The minimum absolute atomic E-state index is 0.435. The highest BCUT2D eigenvalue weighted by atomic mass is 32.2. The Hall–Kier alpha value is -0.470. The van der Waals surface area contributed by atoms with Gasteiger partial charge in [-0.2, -0.15) is 11.8 Å². The monoisotopic (exact) mass is 331 g/mol. The summed E-state index contributed by atoms with van der Waals surface area (Å²) < 4.78 is 0. The summed E-state index contributed by atoms with van der Waals surface area (Å²) in [5.41, 5.74) is 10.9. The van der Waals surface area contributed by atoms with Crippen LogP contribution in [0.3, 0.4) is 0 Å². The summed E-state index contributed by atoms with van der Waals surface area (Å²) in [7, 11) is 0. The van der Waals surface area contributed by atoms with Gasteiger partial charge >= 0.3 is 0 Å². The fourth-order valence-electron chi connectivity index (χ4n) is 4.27. The lowest BCUT2D eigenvalue weighted by atomic mass is 9.82. The average molecular weight is 332 g/mol. The molecule has 1 aromatic rings. The zero-order valence-corrected chi connectivity index (χ0v) is 15.5. The molecule has 2 aliphatic carbocycles. The fraction of sp³-hybridized carbons (Fsp3) is 0.714. The first-order chi connectivity index (χ1) is 11.3. The van der Waals surface area contributed by atoms with Gasteiger partial charge in [0.2, 0.25) is 0 Å². The number of hydrogen-bond acceptors (Lipinski definition) is 2. The number of aryl methyl sites for hydroxylation is 1. The van der Waals surface area contributed by atoms with Crippen LogP contribution in [0.1, 0.15) is 74.5 Å². The van der Waals surface area contributed by atoms with Crippen molar-refractivity contribution >= 4 is 11.8 Å². The number of benzene rings is 1. The maximum atomic E-state index is 6.09. The minimum Gasteiger partial charge on any atom is -0.328 e. The molecule has 1 aromatic carbocycles. The molecule has 3 atom stereocenters. The van der Waals surface area contributed by atoms with Crippen molar-refractivity contribution < 1.29 is 0 Å². The van der Waals surface area contributed by atoms with E-state index >= 15 is 0 Å². The van der Waals surface area contributed by atoms with E-state index in [4.69, 9.17) is 5.73 Å². The Morgan fingerprint density at radius 3 is 2.83 bits per heavy atom. The predicted octanol–water partition coefficient (Wildman–Crippen LogP) is 5.31. The molecular weight excluding hydrogens is 298 g/mol. The van der Waals surface area contributed by atoms with Crippen molar-refractivity contribution in [3.8, 4) is 0 Å². The van der Waals surface area contributed by atoms with E-state index < -0.39 is 0 Å². The van der Waals surface area contributed by atoms with Crippen molar-refractivity contribution in [2.45, 2.75) is 76.7 Å². The molecule has 1 saturated carbocycles. The highest BCUT2D eigenvalue weighted by Gasteiger charge is 2.25. The van der Waals surface area contributed by atoms with Gasteiger partial charge in [0.05, 0.1) is 0 Å². The van der Waals surface area contributed by atoms with Crippen LogP contribution in [-0.4, -0.2) is 17.5 Å². The Bertz CT molecular complexity index is 499. The van der Waals surface area contributed by atoms with E-state index in [1.54, 1.807) is 16.7 Å². The maximum Gasteiger partial charge on any atom is 0.00448 e. The summed E-state index contributed by atoms with van der Waals surface area (Å²) in [5.74, 6) is 4.35. The van der Waals surface area contributed by atoms with Crippen LogP contribution in [0.2, 0.25) is 0 Å². The molecule has 0 amide bonds. The first-order valence-corrected chi connectivity index (χ1v) is 10.9. The van der Waals surface area contributed by atoms with Gasteiger partial charge in [-0.3, -0.25) is 0 Å². The Kier molecular flexibility index (Phi) is 6.47. The van der Waals surface area contributed by atoms with E-state index in [9.17, 15) is 0 Å². The fourth-order valence-corrected chi connectivity index (χ4v) is 5.46. The van der Waals surface area contributed by atoms with Crippen LogP contribution in [0.5, 0.6) is 0 Å². The van der Waals surface area contributed by atoms with Gasteiger partial charge in [0.15, 0.2) is 0 Å².